The van der Waals surface area contributed by atoms with E-state index in [1.807, 2.05) is 11.9 Å². The molecule has 0 aromatic carbocycles. The topological polar surface area (TPSA) is 20.3 Å². The van der Waals surface area contributed by atoms with E-state index in [0.717, 1.165) is 6.42 Å². The Morgan fingerprint density at radius 3 is 2.82 bits per heavy atom. The van der Waals surface area contributed by atoms with Gasteiger partial charge in [-0.15, -0.1) is 0 Å². The van der Waals surface area contributed by atoms with Gasteiger partial charge in [-0.1, -0.05) is 6.92 Å². The van der Waals surface area contributed by atoms with Crippen LogP contribution in [0, 0.1) is 11.8 Å². The van der Waals surface area contributed by atoms with Crippen LogP contribution in [-0.4, -0.2) is 23.9 Å². The molecule has 0 aromatic heterocycles. The predicted octanol–water partition coefficient (Wildman–Crippen LogP) is 1.26. The summed E-state index contributed by atoms with van der Waals surface area (Å²) in [4.78, 5) is 13.5. The molecule has 1 aliphatic heterocycles. The molecule has 2 bridgehead atoms. The maximum absolute atomic E-state index is 11.5. The molecular weight excluding hydrogens is 138 g/mol. The van der Waals surface area contributed by atoms with E-state index in [-0.39, 0.29) is 0 Å². The minimum Gasteiger partial charge on any atom is -0.343 e. The summed E-state index contributed by atoms with van der Waals surface area (Å²) in [6.07, 6.45) is 3.59. The molecule has 0 N–H and O–H groups in total. The molecule has 2 rings (SSSR count). The summed E-state index contributed by atoms with van der Waals surface area (Å²) >= 11 is 0. The second kappa shape index (κ2) is 2.23. The Kier molecular flexibility index (Phi) is 1.44. The van der Waals surface area contributed by atoms with Crippen molar-refractivity contribution in [3.05, 3.63) is 0 Å². The maximum Gasteiger partial charge on any atom is 0.226 e. The molecule has 2 aliphatic rings. The summed E-state index contributed by atoms with van der Waals surface area (Å²) in [5.41, 5.74) is 0. The quantitative estimate of drug-likeness (QED) is 0.513. The first-order valence-electron chi connectivity index (χ1n) is 4.47. The molecule has 1 saturated carbocycles. The Balaban J connectivity index is 2.22. The number of nitrogens with zero attached hydrogens (tertiary/aromatic N) is 1. The second-order valence-electron chi connectivity index (χ2n) is 4.00. The van der Waals surface area contributed by atoms with Gasteiger partial charge in [-0.25, -0.2) is 0 Å². The lowest BCUT2D eigenvalue weighted by Gasteiger charge is -2.23. The van der Waals surface area contributed by atoms with Crippen LogP contribution in [0.5, 0.6) is 0 Å². The van der Waals surface area contributed by atoms with E-state index in [2.05, 4.69) is 6.92 Å². The minimum absolute atomic E-state index is 0.360. The van der Waals surface area contributed by atoms with Gasteiger partial charge in [0.15, 0.2) is 0 Å². The molecule has 0 unspecified atom stereocenters. The van der Waals surface area contributed by atoms with Crippen molar-refractivity contribution in [3.63, 3.8) is 0 Å². The van der Waals surface area contributed by atoms with Gasteiger partial charge < -0.3 is 4.90 Å². The third-order valence-electron chi connectivity index (χ3n) is 3.38. The fraction of sp³-hybridized carbons (Fsp3) is 0.889. The highest BCUT2D eigenvalue weighted by Crippen LogP contribution is 2.38. The van der Waals surface area contributed by atoms with Crippen molar-refractivity contribution in [2.75, 3.05) is 7.05 Å². The summed E-state index contributed by atoms with van der Waals surface area (Å²) in [5, 5.41) is 0. The van der Waals surface area contributed by atoms with Crippen molar-refractivity contribution in [1.82, 2.24) is 4.90 Å². The van der Waals surface area contributed by atoms with Crippen molar-refractivity contribution in [2.45, 2.75) is 32.2 Å². The molecule has 2 fully saturated rings. The smallest absolute Gasteiger partial charge is 0.226 e. The van der Waals surface area contributed by atoms with Gasteiger partial charge in [-0.2, -0.15) is 0 Å². The summed E-state index contributed by atoms with van der Waals surface area (Å²) in [6, 6.07) is 0.573. The standard InChI is InChI=1S/C9H15NO/c1-6-3-4-7-5-8(6)9(11)10(7)2/h6-8H,3-5H2,1-2H3/t6-,7-,8+/m0/s1. The highest BCUT2D eigenvalue weighted by atomic mass is 16.2. The van der Waals surface area contributed by atoms with E-state index in [1.165, 1.54) is 12.8 Å². The summed E-state index contributed by atoms with van der Waals surface area (Å²) in [6.45, 7) is 2.21. The molecule has 2 heteroatoms. The third kappa shape index (κ3) is 0.883. The first-order valence-corrected chi connectivity index (χ1v) is 4.47. The zero-order chi connectivity index (χ0) is 8.01. The van der Waals surface area contributed by atoms with Crippen molar-refractivity contribution in [3.8, 4) is 0 Å². The molecule has 1 saturated heterocycles. The lowest BCUT2D eigenvalue weighted by Crippen LogP contribution is -2.27. The molecule has 0 aromatic rings. The predicted molar refractivity (Wildman–Crippen MR) is 43.1 cm³/mol. The Bertz CT molecular complexity index is 190. The molecule has 1 aliphatic carbocycles. The van der Waals surface area contributed by atoms with Crippen LogP contribution in [0.1, 0.15) is 26.2 Å². The van der Waals surface area contributed by atoms with Gasteiger partial charge in [-0.3, -0.25) is 4.79 Å². The zero-order valence-electron chi connectivity index (χ0n) is 7.21. The van der Waals surface area contributed by atoms with Crippen LogP contribution < -0.4 is 0 Å². The molecule has 3 atom stereocenters. The minimum atomic E-state index is 0.360. The number of amides is 1. The summed E-state index contributed by atoms with van der Waals surface area (Å²) in [7, 11) is 1.95. The van der Waals surface area contributed by atoms with Gasteiger partial charge in [0.05, 0.1) is 0 Å². The van der Waals surface area contributed by atoms with Crippen LogP contribution in [0.3, 0.4) is 0 Å². The van der Waals surface area contributed by atoms with Gasteiger partial charge in [0.2, 0.25) is 5.91 Å². The van der Waals surface area contributed by atoms with Crippen LogP contribution in [0.15, 0.2) is 0 Å². The number of likely N-dealkylation sites (tertiary alicyclic amines) is 1. The van der Waals surface area contributed by atoms with Crippen LogP contribution >= 0.6 is 0 Å². The van der Waals surface area contributed by atoms with E-state index in [9.17, 15) is 4.79 Å². The van der Waals surface area contributed by atoms with Gasteiger partial charge in [-0.05, 0) is 25.2 Å². The average Bonchev–Trinajstić information content (AvgIpc) is 2.24. The summed E-state index contributed by atoms with van der Waals surface area (Å²) in [5.74, 6) is 1.38. The number of fused-ring (bicyclic) bond motifs is 2. The van der Waals surface area contributed by atoms with Gasteiger partial charge in [0.1, 0.15) is 0 Å². The monoisotopic (exact) mass is 153 g/mol. The molecule has 0 radical (unpaired) electrons. The Labute approximate surface area is 67.6 Å². The molecule has 62 valence electrons. The molecule has 2 nitrogen and oxygen atoms in total. The number of hydrogen-bond donors (Lipinski definition) is 0. The van der Waals surface area contributed by atoms with E-state index < -0.39 is 0 Å². The lowest BCUT2D eigenvalue weighted by molar-refractivity contribution is -0.131. The first-order chi connectivity index (χ1) is 5.20. The van der Waals surface area contributed by atoms with Gasteiger partial charge >= 0.3 is 0 Å². The van der Waals surface area contributed by atoms with E-state index in [4.69, 9.17) is 0 Å². The van der Waals surface area contributed by atoms with Crippen molar-refractivity contribution in [1.29, 1.82) is 0 Å². The number of hydrogen-bond acceptors (Lipinski definition) is 1. The maximum atomic E-state index is 11.5. The number of carbonyl (C=O) groups is 1. The van der Waals surface area contributed by atoms with Crippen LogP contribution in [0.2, 0.25) is 0 Å². The van der Waals surface area contributed by atoms with Gasteiger partial charge in [0, 0.05) is 19.0 Å². The normalized spacial score (nSPS) is 43.3. The second-order valence-corrected chi connectivity index (χ2v) is 4.00. The van der Waals surface area contributed by atoms with Crippen molar-refractivity contribution >= 4 is 5.91 Å². The van der Waals surface area contributed by atoms with E-state index >= 15 is 0 Å². The molecule has 11 heavy (non-hydrogen) atoms. The number of carbonyl (C=O) groups excluding carboxylic acids is 1. The number of rotatable bonds is 0. The Hall–Kier alpha value is -0.530. The van der Waals surface area contributed by atoms with Gasteiger partial charge in [0.25, 0.3) is 0 Å². The van der Waals surface area contributed by atoms with Crippen LogP contribution in [0.25, 0.3) is 0 Å². The highest BCUT2D eigenvalue weighted by molar-refractivity contribution is 5.81. The Morgan fingerprint density at radius 2 is 2.18 bits per heavy atom. The first kappa shape index (κ1) is 7.14. The van der Waals surface area contributed by atoms with Crippen molar-refractivity contribution < 1.29 is 4.79 Å². The SMILES string of the molecule is C[C@H]1CC[C@H]2C[C@H]1C(=O)N2C. The van der Waals surface area contributed by atoms with E-state index in [0.29, 0.717) is 23.8 Å². The summed E-state index contributed by atoms with van der Waals surface area (Å²) < 4.78 is 0. The average molecular weight is 153 g/mol. The van der Waals surface area contributed by atoms with Crippen LogP contribution in [-0.2, 0) is 4.79 Å². The third-order valence-corrected chi connectivity index (χ3v) is 3.38. The zero-order valence-corrected chi connectivity index (χ0v) is 7.21. The Morgan fingerprint density at radius 1 is 1.45 bits per heavy atom. The fourth-order valence-electron chi connectivity index (χ4n) is 2.44. The molecule has 1 heterocycles. The molecular formula is C9H15NO. The largest absolute Gasteiger partial charge is 0.343 e. The fourth-order valence-corrected chi connectivity index (χ4v) is 2.44. The van der Waals surface area contributed by atoms with E-state index in [1.54, 1.807) is 0 Å². The van der Waals surface area contributed by atoms with Crippen LogP contribution in [0.4, 0.5) is 0 Å². The lowest BCUT2D eigenvalue weighted by atomic mass is 9.81. The molecule has 1 amide bonds. The van der Waals surface area contributed by atoms with Crippen molar-refractivity contribution in [2.24, 2.45) is 11.8 Å². The highest BCUT2D eigenvalue weighted by Gasteiger charge is 2.43. The molecule has 0 spiro atoms.